The molecule has 2 unspecified atom stereocenters. The second kappa shape index (κ2) is 5.37. The summed E-state index contributed by atoms with van der Waals surface area (Å²) in [6, 6.07) is 0. The van der Waals surface area contributed by atoms with Crippen LogP contribution >= 0.6 is 0 Å². The van der Waals surface area contributed by atoms with E-state index in [1.165, 1.54) is 6.92 Å². The first-order valence-electron chi connectivity index (χ1n) is 5.25. The van der Waals surface area contributed by atoms with Crippen LogP contribution in [0.1, 0.15) is 19.8 Å². The highest BCUT2D eigenvalue weighted by molar-refractivity contribution is 5.76. The molecule has 1 rings (SSSR count). The Labute approximate surface area is 96.1 Å². The zero-order chi connectivity index (χ0) is 13.1. The first-order chi connectivity index (χ1) is 7.86. The van der Waals surface area contributed by atoms with Crippen molar-refractivity contribution >= 4 is 11.9 Å². The minimum absolute atomic E-state index is 0.0115. The first-order valence-corrected chi connectivity index (χ1v) is 5.25. The maximum Gasteiger partial charge on any atom is 0.393 e. The van der Waals surface area contributed by atoms with Crippen molar-refractivity contribution in [3.8, 4) is 0 Å². The molecule has 7 heteroatoms. The molecule has 98 valence electrons. The summed E-state index contributed by atoms with van der Waals surface area (Å²) >= 11 is 0. The highest BCUT2D eigenvalue weighted by Gasteiger charge is 2.50. The zero-order valence-corrected chi connectivity index (χ0v) is 9.25. The summed E-state index contributed by atoms with van der Waals surface area (Å²) in [7, 11) is 0. The fourth-order valence-corrected chi connectivity index (χ4v) is 1.76. The highest BCUT2D eigenvalue weighted by Crippen LogP contribution is 2.39. The molecule has 4 nitrogen and oxygen atoms in total. The van der Waals surface area contributed by atoms with Crippen LogP contribution < -0.4 is 0 Å². The van der Waals surface area contributed by atoms with Gasteiger partial charge in [0, 0.05) is 0 Å². The monoisotopic (exact) mass is 254 g/mol. The van der Waals surface area contributed by atoms with E-state index in [-0.39, 0.29) is 19.6 Å². The lowest BCUT2D eigenvalue weighted by molar-refractivity contribution is -0.198. The molecule has 1 fully saturated rings. The lowest BCUT2D eigenvalue weighted by Crippen LogP contribution is -2.35. The number of rotatable bonds is 4. The Bertz CT molecular complexity index is 300. The van der Waals surface area contributed by atoms with E-state index in [0.29, 0.717) is 0 Å². The van der Waals surface area contributed by atoms with E-state index in [4.69, 9.17) is 0 Å². The van der Waals surface area contributed by atoms with Crippen molar-refractivity contribution in [3.05, 3.63) is 0 Å². The van der Waals surface area contributed by atoms with E-state index in [0.717, 1.165) is 0 Å². The lowest BCUT2D eigenvalue weighted by Gasteiger charge is -2.22. The fraction of sp³-hybridized carbons (Fsp3) is 0.800. The normalized spacial score (nSPS) is 22.1. The summed E-state index contributed by atoms with van der Waals surface area (Å²) in [6.45, 7) is 1.49. The van der Waals surface area contributed by atoms with Gasteiger partial charge in [-0.3, -0.25) is 9.59 Å². The van der Waals surface area contributed by atoms with Gasteiger partial charge >= 0.3 is 18.1 Å². The van der Waals surface area contributed by atoms with Crippen molar-refractivity contribution < 1.29 is 32.2 Å². The Kier molecular flexibility index (Phi) is 4.36. The number of esters is 2. The summed E-state index contributed by atoms with van der Waals surface area (Å²) < 4.78 is 47.2. The molecule has 17 heavy (non-hydrogen) atoms. The van der Waals surface area contributed by atoms with Crippen LogP contribution in [0.25, 0.3) is 0 Å². The van der Waals surface area contributed by atoms with Gasteiger partial charge in [0.2, 0.25) is 0 Å². The lowest BCUT2D eigenvalue weighted by atomic mass is 9.88. The average Bonchev–Trinajstić information content (AvgIpc) is 2.59. The van der Waals surface area contributed by atoms with Gasteiger partial charge in [-0.1, -0.05) is 0 Å². The van der Waals surface area contributed by atoms with Gasteiger partial charge in [0.15, 0.2) is 0 Å². The molecule has 1 saturated heterocycles. The molecule has 1 heterocycles. The smallest absolute Gasteiger partial charge is 0.393 e. The summed E-state index contributed by atoms with van der Waals surface area (Å²) in [5.74, 6) is -5.15. The van der Waals surface area contributed by atoms with Crippen molar-refractivity contribution in [2.45, 2.75) is 25.9 Å². The van der Waals surface area contributed by atoms with E-state index in [2.05, 4.69) is 9.47 Å². The van der Waals surface area contributed by atoms with Gasteiger partial charge in [0.05, 0.1) is 31.5 Å². The van der Waals surface area contributed by atoms with Crippen molar-refractivity contribution in [1.29, 1.82) is 0 Å². The Morgan fingerprint density at radius 1 is 1.59 bits per heavy atom. The number of ether oxygens (including phenoxy) is 2. The van der Waals surface area contributed by atoms with Gasteiger partial charge in [0.1, 0.15) is 0 Å². The Hall–Kier alpha value is -1.27. The van der Waals surface area contributed by atoms with E-state index in [1.807, 2.05) is 0 Å². The zero-order valence-electron chi connectivity index (χ0n) is 9.25. The molecule has 0 amide bonds. The summed E-state index contributed by atoms with van der Waals surface area (Å²) in [5.41, 5.74) is 0. The molecule has 2 atom stereocenters. The van der Waals surface area contributed by atoms with Gasteiger partial charge in [-0.25, -0.2) is 0 Å². The molecule has 0 N–H and O–H groups in total. The molecule has 0 aliphatic carbocycles. The Balaban J connectivity index is 2.74. The van der Waals surface area contributed by atoms with Gasteiger partial charge in [0.25, 0.3) is 0 Å². The van der Waals surface area contributed by atoms with Gasteiger partial charge < -0.3 is 9.47 Å². The van der Waals surface area contributed by atoms with Crippen molar-refractivity contribution in [3.63, 3.8) is 0 Å². The molecule has 0 saturated carbocycles. The molecular weight excluding hydrogens is 241 g/mol. The highest BCUT2D eigenvalue weighted by atomic mass is 19.4. The minimum Gasteiger partial charge on any atom is -0.466 e. The van der Waals surface area contributed by atoms with Crippen molar-refractivity contribution in [2.75, 3.05) is 13.2 Å². The predicted octanol–water partition coefficient (Wildman–Crippen LogP) is 1.68. The topological polar surface area (TPSA) is 52.6 Å². The molecule has 1 aliphatic rings. The van der Waals surface area contributed by atoms with Gasteiger partial charge in [-0.05, 0) is 13.3 Å². The third-order valence-corrected chi connectivity index (χ3v) is 2.57. The molecule has 0 radical (unpaired) electrons. The SMILES string of the molecule is CCOC(=O)CC(C1CCOC1=O)C(F)(F)F. The first kappa shape index (κ1) is 13.8. The van der Waals surface area contributed by atoms with Gasteiger partial charge in [-0.2, -0.15) is 13.2 Å². The Morgan fingerprint density at radius 3 is 2.65 bits per heavy atom. The molecule has 0 aromatic carbocycles. The van der Waals surface area contributed by atoms with Crippen molar-refractivity contribution in [2.24, 2.45) is 11.8 Å². The summed E-state index contributed by atoms with van der Waals surface area (Å²) in [6.07, 6.45) is -5.46. The van der Waals surface area contributed by atoms with Gasteiger partial charge in [-0.15, -0.1) is 0 Å². The number of halogens is 3. The van der Waals surface area contributed by atoms with E-state index >= 15 is 0 Å². The van der Waals surface area contributed by atoms with E-state index in [9.17, 15) is 22.8 Å². The molecule has 1 aliphatic heterocycles. The number of alkyl halides is 3. The van der Waals surface area contributed by atoms with Crippen LogP contribution in [0.2, 0.25) is 0 Å². The third-order valence-electron chi connectivity index (χ3n) is 2.57. The minimum atomic E-state index is -4.61. The second-order valence-corrected chi connectivity index (χ2v) is 3.72. The molecular formula is C10H13F3O4. The van der Waals surface area contributed by atoms with E-state index < -0.39 is 36.4 Å². The van der Waals surface area contributed by atoms with Crippen LogP contribution in [0.4, 0.5) is 13.2 Å². The van der Waals surface area contributed by atoms with Crippen LogP contribution in [0.15, 0.2) is 0 Å². The molecule has 0 aromatic rings. The number of hydrogen-bond acceptors (Lipinski definition) is 4. The standard InChI is InChI=1S/C10H13F3O4/c1-2-16-8(14)5-7(10(11,12)13)6-3-4-17-9(6)15/h6-7H,2-5H2,1H3. The number of carbonyl (C=O) groups excluding carboxylic acids is 2. The van der Waals surface area contributed by atoms with Crippen LogP contribution in [0.5, 0.6) is 0 Å². The number of hydrogen-bond donors (Lipinski definition) is 0. The summed E-state index contributed by atoms with van der Waals surface area (Å²) in [5, 5.41) is 0. The fourth-order valence-electron chi connectivity index (χ4n) is 1.76. The van der Waals surface area contributed by atoms with Crippen molar-refractivity contribution in [1.82, 2.24) is 0 Å². The second-order valence-electron chi connectivity index (χ2n) is 3.72. The quantitative estimate of drug-likeness (QED) is 0.716. The summed E-state index contributed by atoms with van der Waals surface area (Å²) in [4.78, 5) is 22.2. The average molecular weight is 254 g/mol. The largest absolute Gasteiger partial charge is 0.466 e. The number of cyclic esters (lactones) is 1. The van der Waals surface area contributed by atoms with E-state index in [1.54, 1.807) is 0 Å². The predicted molar refractivity (Wildman–Crippen MR) is 49.9 cm³/mol. The maximum absolute atomic E-state index is 12.7. The number of carbonyl (C=O) groups is 2. The van der Waals surface area contributed by atoms with Crippen LogP contribution in [-0.4, -0.2) is 31.3 Å². The Morgan fingerprint density at radius 2 is 2.24 bits per heavy atom. The molecule has 0 aromatic heterocycles. The third kappa shape index (κ3) is 3.61. The molecule has 0 bridgehead atoms. The van der Waals surface area contributed by atoms with Crippen LogP contribution in [0, 0.1) is 11.8 Å². The molecule has 0 spiro atoms. The maximum atomic E-state index is 12.7. The van der Waals surface area contributed by atoms with Crippen LogP contribution in [0.3, 0.4) is 0 Å². The van der Waals surface area contributed by atoms with Crippen LogP contribution in [-0.2, 0) is 19.1 Å².